The molecule has 1 aliphatic heterocycles. The summed E-state index contributed by atoms with van der Waals surface area (Å²) in [4.78, 5) is 33.1. The molecule has 0 fully saturated rings. The molecule has 0 bridgehead atoms. The molecule has 0 N–H and O–H groups in total. The number of ether oxygens (including phenoxy) is 2. The summed E-state index contributed by atoms with van der Waals surface area (Å²) in [6.45, 7) is 23.4. The second-order valence-electron chi connectivity index (χ2n) is 15.5. The van der Waals surface area contributed by atoms with Crippen molar-refractivity contribution < 1.29 is 23.5 Å². The van der Waals surface area contributed by atoms with E-state index in [1.54, 1.807) is 11.3 Å². The molecular formula is C39H59NO5SSi. The van der Waals surface area contributed by atoms with Gasteiger partial charge in [0.05, 0.1) is 35.9 Å². The van der Waals surface area contributed by atoms with Crippen molar-refractivity contribution in [1.82, 2.24) is 4.98 Å². The highest BCUT2D eigenvalue weighted by Gasteiger charge is 2.48. The van der Waals surface area contributed by atoms with E-state index < -0.39 is 31.9 Å². The number of nitrogens with zero attached hydrogens (tertiary/aromatic N) is 1. The minimum Gasteiger partial charge on any atom is -0.457 e. The van der Waals surface area contributed by atoms with Gasteiger partial charge in [-0.1, -0.05) is 91.0 Å². The lowest BCUT2D eigenvalue weighted by Crippen LogP contribution is -2.53. The number of aromatic nitrogens is 1. The maximum Gasteiger partial charge on any atom is 0.309 e. The molecule has 0 saturated carbocycles. The predicted molar refractivity (Wildman–Crippen MR) is 197 cm³/mol. The summed E-state index contributed by atoms with van der Waals surface area (Å²) in [5.41, 5.74) is 1.93. The number of allylic oxidation sites excluding steroid dienone is 1. The van der Waals surface area contributed by atoms with Gasteiger partial charge in [0.25, 0.3) is 0 Å². The van der Waals surface area contributed by atoms with Crippen LogP contribution >= 0.6 is 11.3 Å². The van der Waals surface area contributed by atoms with E-state index in [2.05, 4.69) is 70.1 Å². The van der Waals surface area contributed by atoms with Crippen molar-refractivity contribution in [1.29, 1.82) is 0 Å². The van der Waals surface area contributed by atoms with Gasteiger partial charge in [-0.05, 0) is 74.4 Å². The number of ketones is 1. The van der Waals surface area contributed by atoms with Crippen LogP contribution in [0, 0.1) is 24.2 Å². The van der Waals surface area contributed by atoms with Gasteiger partial charge >= 0.3 is 5.97 Å². The molecule has 1 aliphatic rings. The van der Waals surface area contributed by atoms with Gasteiger partial charge in [0.15, 0.2) is 8.32 Å². The quantitative estimate of drug-likeness (QED) is 0.165. The monoisotopic (exact) mass is 681 g/mol. The predicted octanol–water partition coefficient (Wildman–Crippen LogP) is 10.1. The molecule has 0 aliphatic carbocycles. The second-order valence-corrected chi connectivity index (χ2v) is 21.3. The number of rotatable bonds is 7. The second kappa shape index (κ2) is 16.8. The first-order chi connectivity index (χ1) is 21.9. The average Bonchev–Trinajstić information content (AvgIpc) is 3.40. The van der Waals surface area contributed by atoms with E-state index >= 15 is 0 Å². The summed E-state index contributed by atoms with van der Waals surface area (Å²) < 4.78 is 19.8. The van der Waals surface area contributed by atoms with Gasteiger partial charge < -0.3 is 13.9 Å². The van der Waals surface area contributed by atoms with Crippen LogP contribution in [-0.2, 0) is 30.1 Å². The summed E-state index contributed by atoms with van der Waals surface area (Å²) in [6, 6.07) is 10.1. The molecule has 6 nitrogen and oxygen atoms in total. The molecule has 0 amide bonds. The molecule has 0 radical (unpaired) electrons. The van der Waals surface area contributed by atoms with E-state index in [1.807, 2.05) is 64.3 Å². The number of aryl methyl sites for hydroxylation is 1. The van der Waals surface area contributed by atoms with Crippen LogP contribution in [0.4, 0.5) is 0 Å². The molecule has 47 heavy (non-hydrogen) atoms. The smallest absolute Gasteiger partial charge is 0.309 e. The van der Waals surface area contributed by atoms with Gasteiger partial charge in [-0.25, -0.2) is 4.98 Å². The highest BCUT2D eigenvalue weighted by molar-refractivity contribution is 7.09. The Morgan fingerprint density at radius 3 is 2.43 bits per heavy atom. The van der Waals surface area contributed by atoms with Crippen molar-refractivity contribution in [3.8, 4) is 0 Å². The largest absolute Gasteiger partial charge is 0.457 e. The van der Waals surface area contributed by atoms with E-state index in [1.165, 1.54) is 0 Å². The fraction of sp³-hybridized carbons (Fsp3) is 0.615. The van der Waals surface area contributed by atoms with Crippen LogP contribution in [0.1, 0.15) is 104 Å². The van der Waals surface area contributed by atoms with Crippen LogP contribution in [0.5, 0.6) is 0 Å². The van der Waals surface area contributed by atoms with E-state index in [9.17, 15) is 9.59 Å². The molecule has 8 heteroatoms. The van der Waals surface area contributed by atoms with Crippen LogP contribution in [0.15, 0.2) is 53.4 Å². The number of carbonyl (C=O) groups is 2. The number of hydrogen-bond acceptors (Lipinski definition) is 7. The Labute approximate surface area is 289 Å². The minimum atomic E-state index is -2.38. The van der Waals surface area contributed by atoms with E-state index in [-0.39, 0.29) is 35.2 Å². The van der Waals surface area contributed by atoms with E-state index in [0.29, 0.717) is 13.0 Å². The first-order valence-electron chi connectivity index (χ1n) is 17.2. The first-order valence-corrected chi connectivity index (χ1v) is 21.0. The summed E-state index contributed by atoms with van der Waals surface area (Å²) in [7, 11) is -2.38. The number of cyclic esters (lactones) is 1. The fourth-order valence-electron chi connectivity index (χ4n) is 5.96. The molecule has 5 atom stereocenters. The van der Waals surface area contributed by atoms with Gasteiger partial charge in [0.2, 0.25) is 0 Å². The normalized spacial score (nSPS) is 26.5. The third-order valence-electron chi connectivity index (χ3n) is 10.1. The van der Waals surface area contributed by atoms with Crippen molar-refractivity contribution in [2.24, 2.45) is 17.3 Å². The van der Waals surface area contributed by atoms with Crippen LogP contribution in [0.2, 0.25) is 18.1 Å². The van der Waals surface area contributed by atoms with Crippen molar-refractivity contribution >= 4 is 37.5 Å². The van der Waals surface area contributed by atoms with Crippen molar-refractivity contribution in [2.45, 2.75) is 137 Å². The van der Waals surface area contributed by atoms with Crippen molar-refractivity contribution in [2.75, 3.05) is 0 Å². The Morgan fingerprint density at radius 1 is 1.13 bits per heavy atom. The topological polar surface area (TPSA) is 74.7 Å². The molecule has 260 valence electrons. The molecule has 0 saturated heterocycles. The molecule has 0 spiro atoms. The molecule has 2 heterocycles. The van der Waals surface area contributed by atoms with Crippen LogP contribution in [0.3, 0.4) is 0 Å². The number of Topliss-reactive ketones (excluding diaryl/α,β-unsaturated/α-hetero) is 1. The minimum absolute atomic E-state index is 0.00757. The highest BCUT2D eigenvalue weighted by atomic mass is 32.1. The summed E-state index contributed by atoms with van der Waals surface area (Å²) in [5.74, 6) is -0.537. The molecule has 1 aromatic carbocycles. The van der Waals surface area contributed by atoms with E-state index in [4.69, 9.17) is 13.9 Å². The van der Waals surface area contributed by atoms with Crippen molar-refractivity contribution in [3.05, 3.63) is 69.7 Å². The molecule has 3 rings (SSSR count). The van der Waals surface area contributed by atoms with Gasteiger partial charge in [-0.3, -0.25) is 9.59 Å². The summed E-state index contributed by atoms with van der Waals surface area (Å²) >= 11 is 1.60. The highest BCUT2D eigenvalue weighted by Crippen LogP contribution is 2.42. The summed E-state index contributed by atoms with van der Waals surface area (Å²) in [5, 5.41) is 2.90. The van der Waals surface area contributed by atoms with Crippen LogP contribution in [-0.4, -0.2) is 43.4 Å². The summed E-state index contributed by atoms with van der Waals surface area (Å²) in [6.07, 6.45) is 8.33. The Hall–Kier alpha value is -2.39. The first kappa shape index (κ1) is 39.0. The van der Waals surface area contributed by atoms with Crippen LogP contribution < -0.4 is 0 Å². The number of esters is 1. The Morgan fingerprint density at radius 2 is 1.81 bits per heavy atom. The maximum absolute atomic E-state index is 14.6. The lowest BCUT2D eigenvalue weighted by Gasteiger charge is -2.45. The zero-order valence-corrected chi connectivity index (χ0v) is 32.5. The van der Waals surface area contributed by atoms with Gasteiger partial charge in [0, 0.05) is 23.1 Å². The third kappa shape index (κ3) is 11.1. The van der Waals surface area contributed by atoms with E-state index in [0.717, 1.165) is 41.1 Å². The Kier molecular flexibility index (Phi) is 14.0. The SMILES string of the molecule is C/C(=C\c1csc(C)n1)[C@@H]1C/C=C\CCC[C@H](C)C(OCc2ccccc2)[C@@H](C)C(=O)C(C)(C)[C@@H](O[Si](C)(C)C(C)(C)C)CC(=O)O1. The van der Waals surface area contributed by atoms with Gasteiger partial charge in [0.1, 0.15) is 11.9 Å². The van der Waals surface area contributed by atoms with Crippen molar-refractivity contribution in [3.63, 3.8) is 0 Å². The fourth-order valence-corrected chi connectivity index (χ4v) is 7.97. The average molecular weight is 682 g/mol. The molecule has 2 aromatic rings. The third-order valence-corrected chi connectivity index (χ3v) is 15.4. The maximum atomic E-state index is 14.6. The Bertz CT molecular complexity index is 1370. The molecule has 1 aromatic heterocycles. The van der Waals surface area contributed by atoms with Gasteiger partial charge in [-0.2, -0.15) is 0 Å². The number of hydrogen-bond donors (Lipinski definition) is 0. The zero-order valence-electron chi connectivity index (χ0n) is 30.7. The number of benzene rings is 1. The molecule has 1 unspecified atom stereocenters. The zero-order chi connectivity index (χ0) is 35.0. The number of thiazole rings is 1. The lowest BCUT2D eigenvalue weighted by molar-refractivity contribution is -0.154. The standard InChI is InChI=1S/C39H59NO5SSi/c1-27-19-15-12-13-18-22-33(28(2)23-32-26-46-30(4)40-32)44-35(41)24-34(45-47(10,11)38(5,6)7)39(8,9)37(42)29(3)36(27)43-25-31-20-16-14-17-21-31/h13-14,16-18,20-21,23,26-27,29,33-34,36H,12,15,19,22,24-25H2,1-11H3/b18-13-,28-23+/t27-,29+,33-,34-,36?/m0/s1. The molecular weight excluding hydrogens is 623 g/mol. The lowest BCUT2D eigenvalue weighted by atomic mass is 9.73. The number of carbonyl (C=O) groups excluding carboxylic acids is 2. The Balaban J connectivity index is 2.00. The van der Waals surface area contributed by atoms with Gasteiger partial charge in [-0.15, -0.1) is 11.3 Å². The van der Waals surface area contributed by atoms with Crippen LogP contribution in [0.25, 0.3) is 6.08 Å².